The maximum Gasteiger partial charge on any atom is 0.115 e. The molecule has 0 atom stereocenters. The molecule has 88 valence electrons. The first-order chi connectivity index (χ1) is 7.81. The predicted octanol–water partition coefficient (Wildman–Crippen LogP) is 4.39. The van der Waals surface area contributed by atoms with Gasteiger partial charge in [-0.3, -0.25) is 0 Å². The summed E-state index contributed by atoms with van der Waals surface area (Å²) in [4.78, 5) is 0. The van der Waals surface area contributed by atoms with Crippen LogP contribution in [0.4, 0.5) is 0 Å². The molecule has 1 aromatic rings. The van der Waals surface area contributed by atoms with Gasteiger partial charge in [0.05, 0.1) is 0 Å². The van der Waals surface area contributed by atoms with Gasteiger partial charge >= 0.3 is 0 Å². The minimum absolute atomic E-state index is 0.431. The van der Waals surface area contributed by atoms with Gasteiger partial charge in [-0.15, -0.1) is 0 Å². The molecule has 0 spiro atoms. The molecule has 0 bridgehead atoms. The Morgan fingerprint density at radius 2 is 1.94 bits per heavy atom. The van der Waals surface area contributed by atoms with Crippen LogP contribution in [0.15, 0.2) is 18.2 Å². The molecular formula is C15H22O. The van der Waals surface area contributed by atoms with Crippen LogP contribution in [0.3, 0.4) is 0 Å². The monoisotopic (exact) mass is 218 g/mol. The standard InChI is InChI=1S/C15H22O/c1-2-6-12-9-10-14(16)11-15(12)13-7-4-3-5-8-13/h9-11,13,16H,2-8H2,1H3. The van der Waals surface area contributed by atoms with Crippen molar-refractivity contribution in [1.82, 2.24) is 0 Å². The molecule has 2 rings (SSSR count). The van der Waals surface area contributed by atoms with E-state index in [1.54, 1.807) is 0 Å². The van der Waals surface area contributed by atoms with Gasteiger partial charge in [-0.2, -0.15) is 0 Å². The van der Waals surface area contributed by atoms with Gasteiger partial charge in [0.25, 0.3) is 0 Å². The minimum Gasteiger partial charge on any atom is -0.508 e. The number of rotatable bonds is 3. The van der Waals surface area contributed by atoms with Crippen LogP contribution in [0.2, 0.25) is 0 Å². The molecule has 0 radical (unpaired) electrons. The first kappa shape index (κ1) is 11.5. The lowest BCUT2D eigenvalue weighted by Gasteiger charge is -2.24. The van der Waals surface area contributed by atoms with E-state index < -0.39 is 0 Å². The SMILES string of the molecule is CCCc1ccc(O)cc1C1CCCCC1. The lowest BCUT2D eigenvalue weighted by Crippen LogP contribution is -2.07. The van der Waals surface area contributed by atoms with Gasteiger partial charge in [-0.1, -0.05) is 38.7 Å². The van der Waals surface area contributed by atoms with Crippen LogP contribution in [0.5, 0.6) is 5.75 Å². The summed E-state index contributed by atoms with van der Waals surface area (Å²) in [6.07, 6.45) is 9.03. The van der Waals surface area contributed by atoms with Crippen LogP contribution in [0, 0.1) is 0 Å². The van der Waals surface area contributed by atoms with Crippen LogP contribution < -0.4 is 0 Å². The maximum absolute atomic E-state index is 9.64. The second-order valence-corrected chi connectivity index (χ2v) is 4.97. The normalized spacial score (nSPS) is 17.6. The molecule has 1 saturated carbocycles. The van der Waals surface area contributed by atoms with Gasteiger partial charge in [0, 0.05) is 0 Å². The Hall–Kier alpha value is -0.980. The third kappa shape index (κ3) is 2.58. The number of aromatic hydroxyl groups is 1. The Labute approximate surface area is 98.5 Å². The number of benzene rings is 1. The fourth-order valence-corrected chi connectivity index (χ4v) is 2.87. The molecule has 1 N–H and O–H groups in total. The van der Waals surface area contributed by atoms with Crippen molar-refractivity contribution in [3.05, 3.63) is 29.3 Å². The Kier molecular flexibility index (Phi) is 3.87. The minimum atomic E-state index is 0.431. The third-order valence-electron chi connectivity index (χ3n) is 3.69. The molecule has 1 aliphatic rings. The van der Waals surface area contributed by atoms with Gasteiger partial charge < -0.3 is 5.11 Å². The number of phenolic OH excluding ortho intramolecular Hbond substituents is 1. The van der Waals surface area contributed by atoms with Crippen molar-refractivity contribution >= 4 is 0 Å². The van der Waals surface area contributed by atoms with Crippen molar-refractivity contribution in [2.24, 2.45) is 0 Å². The summed E-state index contributed by atoms with van der Waals surface area (Å²) in [5.74, 6) is 1.13. The van der Waals surface area contributed by atoms with Gasteiger partial charge in [-0.25, -0.2) is 0 Å². The number of phenols is 1. The van der Waals surface area contributed by atoms with Crippen LogP contribution in [0.25, 0.3) is 0 Å². The molecule has 0 heterocycles. The summed E-state index contributed by atoms with van der Waals surface area (Å²) >= 11 is 0. The van der Waals surface area contributed by atoms with Gasteiger partial charge in [0.15, 0.2) is 0 Å². The second kappa shape index (κ2) is 5.38. The Morgan fingerprint density at radius 1 is 1.19 bits per heavy atom. The van der Waals surface area contributed by atoms with E-state index in [0.29, 0.717) is 11.7 Å². The van der Waals surface area contributed by atoms with Crippen molar-refractivity contribution in [2.45, 2.75) is 57.8 Å². The van der Waals surface area contributed by atoms with E-state index in [-0.39, 0.29) is 0 Å². The van der Waals surface area contributed by atoms with E-state index in [2.05, 4.69) is 13.0 Å². The Balaban J connectivity index is 2.24. The van der Waals surface area contributed by atoms with E-state index in [1.165, 1.54) is 49.7 Å². The molecule has 1 heteroatoms. The average molecular weight is 218 g/mol. The summed E-state index contributed by atoms with van der Waals surface area (Å²) in [6.45, 7) is 2.22. The summed E-state index contributed by atoms with van der Waals surface area (Å²) < 4.78 is 0. The zero-order valence-electron chi connectivity index (χ0n) is 10.2. The Bertz CT molecular complexity index is 337. The van der Waals surface area contributed by atoms with Gasteiger partial charge in [0.2, 0.25) is 0 Å². The van der Waals surface area contributed by atoms with Crippen molar-refractivity contribution in [1.29, 1.82) is 0 Å². The molecule has 1 aliphatic carbocycles. The van der Waals surface area contributed by atoms with Gasteiger partial charge in [0.1, 0.15) is 5.75 Å². The molecule has 0 aliphatic heterocycles. The summed E-state index contributed by atoms with van der Waals surface area (Å²) in [5, 5.41) is 9.64. The van der Waals surface area contributed by atoms with Gasteiger partial charge in [-0.05, 0) is 48.4 Å². The predicted molar refractivity (Wildman–Crippen MR) is 67.9 cm³/mol. The lowest BCUT2D eigenvalue weighted by atomic mass is 9.81. The molecule has 0 unspecified atom stereocenters. The fourth-order valence-electron chi connectivity index (χ4n) is 2.87. The quantitative estimate of drug-likeness (QED) is 0.797. The highest BCUT2D eigenvalue weighted by Crippen LogP contribution is 2.36. The number of aryl methyl sites for hydroxylation is 1. The topological polar surface area (TPSA) is 20.2 Å². The zero-order chi connectivity index (χ0) is 11.4. The highest BCUT2D eigenvalue weighted by atomic mass is 16.3. The fraction of sp³-hybridized carbons (Fsp3) is 0.600. The highest BCUT2D eigenvalue weighted by Gasteiger charge is 2.18. The molecule has 0 amide bonds. The van der Waals surface area contributed by atoms with Crippen molar-refractivity contribution < 1.29 is 5.11 Å². The largest absolute Gasteiger partial charge is 0.508 e. The van der Waals surface area contributed by atoms with E-state index in [9.17, 15) is 5.11 Å². The summed E-state index contributed by atoms with van der Waals surface area (Å²) in [7, 11) is 0. The van der Waals surface area contributed by atoms with E-state index >= 15 is 0 Å². The molecule has 1 aromatic carbocycles. The molecule has 16 heavy (non-hydrogen) atoms. The van der Waals surface area contributed by atoms with Crippen molar-refractivity contribution in [2.75, 3.05) is 0 Å². The molecular weight excluding hydrogens is 196 g/mol. The number of hydrogen-bond acceptors (Lipinski definition) is 1. The molecule has 0 aromatic heterocycles. The molecule has 1 fully saturated rings. The van der Waals surface area contributed by atoms with Crippen LogP contribution in [-0.2, 0) is 6.42 Å². The first-order valence-electron chi connectivity index (χ1n) is 6.63. The molecule has 0 saturated heterocycles. The Morgan fingerprint density at radius 3 is 2.62 bits per heavy atom. The van der Waals surface area contributed by atoms with E-state index in [0.717, 1.165) is 6.42 Å². The second-order valence-electron chi connectivity index (χ2n) is 4.97. The first-order valence-corrected chi connectivity index (χ1v) is 6.63. The van der Waals surface area contributed by atoms with Crippen LogP contribution >= 0.6 is 0 Å². The average Bonchev–Trinajstić information content (AvgIpc) is 2.33. The maximum atomic E-state index is 9.64. The zero-order valence-corrected chi connectivity index (χ0v) is 10.2. The highest BCUT2D eigenvalue weighted by molar-refractivity contribution is 5.37. The van der Waals surface area contributed by atoms with E-state index in [1.807, 2.05) is 12.1 Å². The van der Waals surface area contributed by atoms with Crippen molar-refractivity contribution in [3.8, 4) is 5.75 Å². The van der Waals surface area contributed by atoms with Crippen molar-refractivity contribution in [3.63, 3.8) is 0 Å². The summed E-state index contributed by atoms with van der Waals surface area (Å²) in [6, 6.07) is 5.95. The molecule has 1 nitrogen and oxygen atoms in total. The van der Waals surface area contributed by atoms with Crippen LogP contribution in [-0.4, -0.2) is 5.11 Å². The lowest BCUT2D eigenvalue weighted by molar-refractivity contribution is 0.436. The summed E-state index contributed by atoms with van der Waals surface area (Å²) in [5.41, 5.74) is 2.87. The number of hydrogen-bond donors (Lipinski definition) is 1. The van der Waals surface area contributed by atoms with Crippen LogP contribution in [0.1, 0.15) is 62.5 Å². The van der Waals surface area contributed by atoms with E-state index in [4.69, 9.17) is 0 Å². The smallest absolute Gasteiger partial charge is 0.115 e. The third-order valence-corrected chi connectivity index (χ3v) is 3.69.